The lowest BCUT2D eigenvalue weighted by Gasteiger charge is -2.16. The molecule has 2 atom stereocenters. The second kappa shape index (κ2) is 5.09. The molecule has 0 radical (unpaired) electrons. The Balaban J connectivity index is 3.06. The SMILES string of the molecule is C=CCc1cc(C(C)S(=O)[O-])ccc1O. The highest BCUT2D eigenvalue weighted by atomic mass is 32.2. The van der Waals surface area contributed by atoms with E-state index >= 15 is 0 Å². The van der Waals surface area contributed by atoms with Crippen molar-refractivity contribution >= 4 is 11.1 Å². The largest absolute Gasteiger partial charge is 0.772 e. The molecular formula is C11H13O3S-. The number of phenols is 1. The molecule has 0 bridgehead atoms. The van der Waals surface area contributed by atoms with Gasteiger partial charge >= 0.3 is 0 Å². The maximum absolute atomic E-state index is 10.8. The van der Waals surface area contributed by atoms with Gasteiger partial charge in [-0.3, -0.25) is 4.21 Å². The van der Waals surface area contributed by atoms with Gasteiger partial charge in [0.15, 0.2) is 0 Å². The molecular weight excluding hydrogens is 212 g/mol. The fourth-order valence-corrected chi connectivity index (χ4v) is 1.66. The van der Waals surface area contributed by atoms with Gasteiger partial charge in [-0.25, -0.2) is 0 Å². The number of hydrogen-bond acceptors (Lipinski definition) is 3. The first kappa shape index (κ1) is 11.9. The van der Waals surface area contributed by atoms with Gasteiger partial charge in [-0.15, -0.1) is 6.58 Å². The van der Waals surface area contributed by atoms with Crippen molar-refractivity contribution in [3.8, 4) is 5.75 Å². The van der Waals surface area contributed by atoms with E-state index in [1.165, 1.54) is 6.07 Å². The Bertz CT molecular complexity index is 387. The third-order valence-electron chi connectivity index (χ3n) is 2.23. The molecule has 1 rings (SSSR count). The quantitative estimate of drug-likeness (QED) is 0.630. The molecule has 0 saturated heterocycles. The molecule has 1 aromatic rings. The van der Waals surface area contributed by atoms with Crippen LogP contribution in [0.5, 0.6) is 5.75 Å². The summed E-state index contributed by atoms with van der Waals surface area (Å²) in [6.45, 7) is 5.18. The van der Waals surface area contributed by atoms with Gasteiger partial charge in [0.2, 0.25) is 0 Å². The first-order valence-electron chi connectivity index (χ1n) is 4.57. The third-order valence-corrected chi connectivity index (χ3v) is 3.08. The van der Waals surface area contributed by atoms with Crippen LogP contribution < -0.4 is 0 Å². The molecule has 3 nitrogen and oxygen atoms in total. The van der Waals surface area contributed by atoms with Gasteiger partial charge in [0.25, 0.3) is 0 Å². The summed E-state index contributed by atoms with van der Waals surface area (Å²) in [5.41, 5.74) is 1.37. The fourth-order valence-electron chi connectivity index (χ4n) is 1.29. The average molecular weight is 225 g/mol. The first-order valence-corrected chi connectivity index (χ1v) is 5.70. The Kier molecular flexibility index (Phi) is 4.05. The van der Waals surface area contributed by atoms with E-state index in [1.54, 1.807) is 25.1 Å². The zero-order valence-corrected chi connectivity index (χ0v) is 9.29. The van der Waals surface area contributed by atoms with Crippen LogP contribution in [-0.2, 0) is 17.5 Å². The van der Waals surface area contributed by atoms with Gasteiger partial charge in [-0.05, 0) is 41.6 Å². The molecule has 1 aromatic carbocycles. The predicted molar refractivity (Wildman–Crippen MR) is 59.3 cm³/mol. The predicted octanol–water partition coefficient (Wildman–Crippen LogP) is 2.06. The molecule has 82 valence electrons. The standard InChI is InChI=1S/C11H14O3S/c1-3-4-10-7-9(5-6-11(10)12)8(2)15(13)14/h3,5-8,12H,1,4H2,2H3,(H,13,14)/p-1. The van der Waals surface area contributed by atoms with Crippen LogP contribution >= 0.6 is 0 Å². The zero-order chi connectivity index (χ0) is 11.4. The van der Waals surface area contributed by atoms with Gasteiger partial charge in [0, 0.05) is 5.25 Å². The molecule has 0 aliphatic rings. The number of phenolic OH excluding ortho intramolecular Hbond substituents is 1. The summed E-state index contributed by atoms with van der Waals surface area (Å²) in [5, 5.41) is 8.92. The van der Waals surface area contributed by atoms with Crippen molar-refractivity contribution in [1.29, 1.82) is 0 Å². The van der Waals surface area contributed by atoms with Crippen molar-refractivity contribution in [1.82, 2.24) is 0 Å². The molecule has 4 heteroatoms. The Morgan fingerprint density at radius 3 is 2.87 bits per heavy atom. The summed E-state index contributed by atoms with van der Waals surface area (Å²) in [7, 11) is 0. The van der Waals surface area contributed by atoms with E-state index in [4.69, 9.17) is 0 Å². The minimum atomic E-state index is -2.14. The van der Waals surface area contributed by atoms with Crippen molar-refractivity contribution in [2.45, 2.75) is 18.6 Å². The molecule has 0 amide bonds. The van der Waals surface area contributed by atoms with E-state index in [0.717, 1.165) is 0 Å². The third kappa shape index (κ3) is 2.91. The number of rotatable bonds is 4. The summed E-state index contributed by atoms with van der Waals surface area (Å²) in [5.74, 6) is 0.169. The van der Waals surface area contributed by atoms with Crippen molar-refractivity contribution in [3.63, 3.8) is 0 Å². The molecule has 15 heavy (non-hydrogen) atoms. The highest BCUT2D eigenvalue weighted by Gasteiger charge is 2.08. The van der Waals surface area contributed by atoms with E-state index < -0.39 is 16.3 Å². The van der Waals surface area contributed by atoms with E-state index in [9.17, 15) is 13.9 Å². The first-order chi connectivity index (χ1) is 7.06. The molecule has 0 heterocycles. The summed E-state index contributed by atoms with van der Waals surface area (Å²) < 4.78 is 21.5. The fraction of sp³-hybridized carbons (Fsp3) is 0.273. The summed E-state index contributed by atoms with van der Waals surface area (Å²) in [6.07, 6.45) is 2.19. The molecule has 1 N–H and O–H groups in total. The van der Waals surface area contributed by atoms with Gasteiger partial charge < -0.3 is 9.66 Å². The molecule has 0 saturated carbocycles. The van der Waals surface area contributed by atoms with Crippen LogP contribution in [0.4, 0.5) is 0 Å². The Morgan fingerprint density at radius 2 is 2.33 bits per heavy atom. The van der Waals surface area contributed by atoms with Crippen LogP contribution in [0.25, 0.3) is 0 Å². The lowest BCUT2D eigenvalue weighted by atomic mass is 10.1. The average Bonchev–Trinajstić information content (AvgIpc) is 2.20. The lowest BCUT2D eigenvalue weighted by Crippen LogP contribution is -2.01. The second-order valence-corrected chi connectivity index (χ2v) is 4.51. The summed E-state index contributed by atoms with van der Waals surface area (Å²) >= 11 is -2.14. The minimum absolute atomic E-state index is 0.169. The summed E-state index contributed by atoms with van der Waals surface area (Å²) in [4.78, 5) is 0. The maximum atomic E-state index is 10.8. The van der Waals surface area contributed by atoms with Crippen LogP contribution in [0.2, 0.25) is 0 Å². The van der Waals surface area contributed by atoms with E-state index in [0.29, 0.717) is 17.5 Å². The second-order valence-electron chi connectivity index (χ2n) is 3.28. The van der Waals surface area contributed by atoms with E-state index in [1.807, 2.05) is 0 Å². The van der Waals surface area contributed by atoms with Crippen LogP contribution in [0, 0.1) is 0 Å². The molecule has 0 aromatic heterocycles. The van der Waals surface area contributed by atoms with Gasteiger partial charge in [-0.2, -0.15) is 0 Å². The summed E-state index contributed by atoms with van der Waals surface area (Å²) in [6, 6.07) is 4.82. The van der Waals surface area contributed by atoms with Crippen molar-refractivity contribution in [2.24, 2.45) is 0 Å². The van der Waals surface area contributed by atoms with Crippen LogP contribution in [0.3, 0.4) is 0 Å². The van der Waals surface area contributed by atoms with Crippen LogP contribution in [-0.4, -0.2) is 13.9 Å². The van der Waals surface area contributed by atoms with E-state index in [-0.39, 0.29) is 5.75 Å². The zero-order valence-electron chi connectivity index (χ0n) is 8.47. The number of aromatic hydroxyl groups is 1. The molecule has 2 unspecified atom stereocenters. The van der Waals surface area contributed by atoms with E-state index in [2.05, 4.69) is 6.58 Å². The van der Waals surface area contributed by atoms with Crippen molar-refractivity contribution in [2.75, 3.05) is 0 Å². The molecule has 0 spiro atoms. The minimum Gasteiger partial charge on any atom is -0.772 e. The smallest absolute Gasteiger partial charge is 0.119 e. The molecule has 0 fully saturated rings. The monoisotopic (exact) mass is 225 g/mol. The van der Waals surface area contributed by atoms with Crippen LogP contribution in [0.15, 0.2) is 30.9 Å². The highest BCUT2D eigenvalue weighted by Crippen LogP contribution is 2.25. The molecule has 0 aliphatic carbocycles. The van der Waals surface area contributed by atoms with Gasteiger partial charge in [-0.1, -0.05) is 18.2 Å². The number of allylic oxidation sites excluding steroid dienone is 1. The maximum Gasteiger partial charge on any atom is 0.119 e. The Morgan fingerprint density at radius 1 is 1.67 bits per heavy atom. The van der Waals surface area contributed by atoms with Gasteiger partial charge in [0.1, 0.15) is 5.75 Å². The normalized spacial score (nSPS) is 14.5. The number of benzene rings is 1. The Labute approximate surface area is 91.7 Å². The number of hydrogen-bond donors (Lipinski definition) is 1. The highest BCUT2D eigenvalue weighted by molar-refractivity contribution is 7.79. The van der Waals surface area contributed by atoms with Crippen molar-refractivity contribution in [3.05, 3.63) is 42.0 Å². The molecule has 0 aliphatic heterocycles. The Hall–Kier alpha value is -1.13. The van der Waals surface area contributed by atoms with Crippen LogP contribution in [0.1, 0.15) is 23.3 Å². The lowest BCUT2D eigenvalue weighted by molar-refractivity contribution is 0.469. The van der Waals surface area contributed by atoms with Gasteiger partial charge in [0.05, 0.1) is 0 Å². The van der Waals surface area contributed by atoms with Crippen molar-refractivity contribution < 1.29 is 13.9 Å². The topological polar surface area (TPSA) is 60.4 Å².